The highest BCUT2D eigenvalue weighted by atomic mass is 19.4. The lowest BCUT2D eigenvalue weighted by atomic mass is 9.69. The first-order chi connectivity index (χ1) is 8.69. The second-order valence-electron chi connectivity index (χ2n) is 6.32. The fraction of sp³-hybridized carbons (Fsp3) is 0.846. The number of rotatable bonds is 0. The van der Waals surface area contributed by atoms with Gasteiger partial charge in [0.25, 0.3) is 5.67 Å². The van der Waals surface area contributed by atoms with E-state index in [1.165, 1.54) is 0 Å². The second-order valence-corrected chi connectivity index (χ2v) is 6.32. The van der Waals surface area contributed by atoms with Gasteiger partial charge in [-0.3, -0.25) is 0 Å². The average Bonchev–Trinajstić information content (AvgIpc) is 2.98. The molecular formula is C13H12F6. The van der Waals surface area contributed by atoms with E-state index in [0.29, 0.717) is 12.0 Å². The summed E-state index contributed by atoms with van der Waals surface area (Å²) in [7, 11) is 0. The summed E-state index contributed by atoms with van der Waals surface area (Å²) in [5.74, 6) is -6.58. The first kappa shape index (κ1) is 12.1. The average molecular weight is 282 g/mol. The Morgan fingerprint density at radius 2 is 1.74 bits per heavy atom. The predicted octanol–water partition coefficient (Wildman–Crippen LogP) is 4.27. The van der Waals surface area contributed by atoms with Crippen LogP contribution >= 0.6 is 0 Å². The Hall–Kier alpha value is -0.680. The summed E-state index contributed by atoms with van der Waals surface area (Å²) in [5, 5.41) is 0. The fourth-order valence-electron chi connectivity index (χ4n) is 5.15. The van der Waals surface area contributed by atoms with E-state index < -0.39 is 41.6 Å². The molecule has 19 heavy (non-hydrogen) atoms. The number of hydrogen-bond acceptors (Lipinski definition) is 0. The quantitative estimate of drug-likeness (QED) is 0.460. The molecule has 0 nitrogen and oxygen atoms in total. The van der Waals surface area contributed by atoms with Gasteiger partial charge in [0, 0.05) is 11.5 Å². The third-order valence-electron chi connectivity index (χ3n) is 5.75. The lowest BCUT2D eigenvalue weighted by Gasteiger charge is -2.42. The zero-order valence-electron chi connectivity index (χ0n) is 9.91. The predicted molar refractivity (Wildman–Crippen MR) is 54.3 cm³/mol. The molecule has 0 N–H and O–H groups in total. The van der Waals surface area contributed by atoms with Crippen LogP contribution in [0.15, 0.2) is 11.1 Å². The zero-order valence-corrected chi connectivity index (χ0v) is 9.91. The Bertz CT molecular complexity index is 490. The van der Waals surface area contributed by atoms with Gasteiger partial charge in [-0.1, -0.05) is 5.57 Å². The molecule has 4 aliphatic carbocycles. The molecule has 4 aliphatic rings. The minimum absolute atomic E-state index is 0.0151. The van der Waals surface area contributed by atoms with E-state index in [2.05, 4.69) is 0 Å². The van der Waals surface area contributed by atoms with Crippen molar-refractivity contribution in [3.8, 4) is 0 Å². The van der Waals surface area contributed by atoms with E-state index in [1.54, 1.807) is 0 Å². The molecule has 6 heteroatoms. The van der Waals surface area contributed by atoms with Crippen molar-refractivity contribution < 1.29 is 26.3 Å². The highest BCUT2D eigenvalue weighted by Gasteiger charge is 2.84. The molecular weight excluding hydrogens is 270 g/mol. The Kier molecular flexibility index (Phi) is 1.90. The van der Waals surface area contributed by atoms with Crippen molar-refractivity contribution in [1.29, 1.82) is 0 Å². The van der Waals surface area contributed by atoms with Gasteiger partial charge in [-0.25, -0.2) is 4.39 Å². The molecule has 0 amide bonds. The molecule has 0 saturated heterocycles. The molecule has 4 bridgehead atoms. The van der Waals surface area contributed by atoms with Gasteiger partial charge < -0.3 is 0 Å². The first-order valence-corrected chi connectivity index (χ1v) is 6.56. The van der Waals surface area contributed by atoms with Crippen LogP contribution in [-0.2, 0) is 0 Å². The fourth-order valence-corrected chi connectivity index (χ4v) is 5.15. The third kappa shape index (κ3) is 1.05. The molecule has 0 aromatic carbocycles. The van der Waals surface area contributed by atoms with Crippen molar-refractivity contribution in [3.05, 3.63) is 11.1 Å². The maximum absolute atomic E-state index is 14.3. The maximum Gasteiger partial charge on any atom is 0.429 e. The molecule has 5 atom stereocenters. The summed E-state index contributed by atoms with van der Waals surface area (Å²) in [6.45, 7) is 0. The van der Waals surface area contributed by atoms with Gasteiger partial charge in [0.2, 0.25) is 0 Å². The minimum Gasteiger partial charge on any atom is -0.226 e. The van der Waals surface area contributed by atoms with Crippen molar-refractivity contribution >= 4 is 0 Å². The summed E-state index contributed by atoms with van der Waals surface area (Å²) in [4.78, 5) is 0. The monoisotopic (exact) mass is 282 g/mol. The van der Waals surface area contributed by atoms with Crippen LogP contribution in [0.4, 0.5) is 26.3 Å². The number of fused-ring (bicyclic) bond motifs is 8. The van der Waals surface area contributed by atoms with Crippen molar-refractivity contribution in [2.24, 2.45) is 23.7 Å². The van der Waals surface area contributed by atoms with Crippen molar-refractivity contribution in [2.45, 2.75) is 43.5 Å². The topological polar surface area (TPSA) is 0 Å². The van der Waals surface area contributed by atoms with Crippen molar-refractivity contribution in [2.75, 3.05) is 0 Å². The zero-order chi connectivity index (χ0) is 13.8. The highest BCUT2D eigenvalue weighted by molar-refractivity contribution is 5.47. The van der Waals surface area contributed by atoms with Gasteiger partial charge >= 0.3 is 12.1 Å². The lowest BCUT2D eigenvalue weighted by molar-refractivity contribution is -0.304. The smallest absolute Gasteiger partial charge is 0.226 e. The van der Waals surface area contributed by atoms with Crippen LogP contribution in [0.3, 0.4) is 0 Å². The molecule has 0 aromatic rings. The van der Waals surface area contributed by atoms with E-state index in [4.69, 9.17) is 0 Å². The van der Waals surface area contributed by atoms with Crippen LogP contribution in [0.1, 0.15) is 25.7 Å². The Balaban J connectivity index is 1.91. The largest absolute Gasteiger partial charge is 0.429 e. The molecule has 106 valence electrons. The standard InChI is InChI=1S/C13H12F6/c14-11(13(17,18)19)7-4-8(12(11,15)16)10-6-2-1-5(3-6)9(7)10/h5-7,9H,1-4H2. The minimum atomic E-state index is -5.50. The van der Waals surface area contributed by atoms with Gasteiger partial charge in [-0.05, 0) is 43.4 Å². The Morgan fingerprint density at radius 1 is 1.05 bits per heavy atom. The highest BCUT2D eigenvalue weighted by Crippen LogP contribution is 2.73. The van der Waals surface area contributed by atoms with Gasteiger partial charge in [0.1, 0.15) is 0 Å². The van der Waals surface area contributed by atoms with Crippen LogP contribution in [0, 0.1) is 23.7 Å². The lowest BCUT2D eigenvalue weighted by Crippen LogP contribution is -2.59. The summed E-state index contributed by atoms with van der Waals surface area (Å²) in [6.07, 6.45) is -3.72. The molecule has 0 heterocycles. The van der Waals surface area contributed by atoms with Crippen LogP contribution in [0.5, 0.6) is 0 Å². The molecule has 0 radical (unpaired) electrons. The summed E-state index contributed by atoms with van der Waals surface area (Å²) in [6, 6.07) is 0. The molecule has 4 rings (SSSR count). The van der Waals surface area contributed by atoms with Crippen LogP contribution in [0.2, 0.25) is 0 Å². The Morgan fingerprint density at radius 3 is 2.37 bits per heavy atom. The summed E-state index contributed by atoms with van der Waals surface area (Å²) >= 11 is 0. The van der Waals surface area contributed by atoms with E-state index in [9.17, 15) is 26.3 Å². The normalized spacial score (nSPS) is 50.2. The molecule has 0 spiro atoms. The van der Waals surface area contributed by atoms with E-state index in [0.717, 1.165) is 12.8 Å². The molecule has 0 aromatic heterocycles. The maximum atomic E-state index is 14.3. The number of hydrogen-bond donors (Lipinski definition) is 0. The first-order valence-electron chi connectivity index (χ1n) is 6.56. The van der Waals surface area contributed by atoms with Crippen LogP contribution in [0.25, 0.3) is 0 Å². The van der Waals surface area contributed by atoms with Crippen molar-refractivity contribution in [3.63, 3.8) is 0 Å². The molecule has 0 aliphatic heterocycles. The Labute approximate surface area is 105 Å². The molecule has 3 fully saturated rings. The van der Waals surface area contributed by atoms with Gasteiger partial charge in [0.05, 0.1) is 0 Å². The molecule has 5 unspecified atom stereocenters. The van der Waals surface area contributed by atoms with Gasteiger partial charge in [-0.2, -0.15) is 22.0 Å². The van der Waals surface area contributed by atoms with Crippen LogP contribution < -0.4 is 0 Å². The van der Waals surface area contributed by atoms with E-state index >= 15 is 0 Å². The third-order valence-corrected chi connectivity index (χ3v) is 5.75. The number of allylic oxidation sites excluding steroid dienone is 2. The summed E-state index contributed by atoms with van der Waals surface area (Å²) < 4.78 is 81.1. The van der Waals surface area contributed by atoms with E-state index in [-0.39, 0.29) is 11.8 Å². The van der Waals surface area contributed by atoms with Crippen LogP contribution in [-0.4, -0.2) is 17.8 Å². The number of alkyl halides is 6. The second kappa shape index (κ2) is 2.98. The van der Waals surface area contributed by atoms with Gasteiger partial charge in [-0.15, -0.1) is 0 Å². The van der Waals surface area contributed by atoms with Crippen molar-refractivity contribution in [1.82, 2.24) is 0 Å². The number of halogens is 6. The summed E-state index contributed by atoms with van der Waals surface area (Å²) in [5.41, 5.74) is -4.38. The SMILES string of the molecule is FC(F)(F)C1(F)C2CC(=C3C4CCC(C4)C32)C1(F)F. The molecule has 3 saturated carbocycles. The van der Waals surface area contributed by atoms with Gasteiger partial charge in [0.15, 0.2) is 0 Å². The van der Waals surface area contributed by atoms with E-state index in [1.807, 2.05) is 0 Å².